The third-order valence-corrected chi connectivity index (χ3v) is 3.10. The van der Waals surface area contributed by atoms with Crippen LogP contribution in [0.1, 0.15) is 15.9 Å². The van der Waals surface area contributed by atoms with E-state index in [9.17, 15) is 18.0 Å². The lowest BCUT2D eigenvalue weighted by Crippen LogP contribution is -2.12. The molecule has 104 valence electrons. The number of carbonyl (C=O) groups excluding carboxylic acids is 1. The van der Waals surface area contributed by atoms with Crippen LogP contribution in [0, 0.1) is 0 Å². The van der Waals surface area contributed by atoms with Gasteiger partial charge in [-0.3, -0.25) is 4.79 Å². The minimum Gasteiger partial charge on any atom is -0.293 e. The number of alkyl halides is 4. The molecule has 0 saturated heterocycles. The molecule has 0 aliphatic heterocycles. The van der Waals surface area contributed by atoms with Crippen molar-refractivity contribution in [2.75, 3.05) is 5.88 Å². The second-order valence-corrected chi connectivity index (χ2v) is 4.45. The number of halogens is 4. The van der Waals surface area contributed by atoms with E-state index < -0.39 is 11.7 Å². The Balaban J connectivity index is 0.000000147. The first-order valence-electron chi connectivity index (χ1n) is 5.79. The average Bonchev–Trinajstić information content (AvgIpc) is 2.41. The minimum atomic E-state index is -4.15. The highest BCUT2D eigenvalue weighted by atomic mass is 35.5. The predicted molar refractivity (Wildman–Crippen MR) is 71.9 cm³/mol. The second kappa shape index (κ2) is 5.67. The molecule has 0 heterocycles. The topological polar surface area (TPSA) is 17.1 Å². The molecule has 3 rings (SSSR count). The summed E-state index contributed by atoms with van der Waals surface area (Å²) < 4.78 is 35.5. The van der Waals surface area contributed by atoms with Crippen molar-refractivity contribution < 1.29 is 18.0 Å². The standard InChI is InChI=1S/C8H7ClO.C7H3F3/c9-6-8(10)7-4-2-1-3-5-7;8-7(9,10)6-3-4-1-2-5(4)6/h1-5H,6H2;1-3H. The minimum absolute atomic E-state index is 0.0257. The van der Waals surface area contributed by atoms with Crippen LogP contribution in [-0.4, -0.2) is 11.7 Å². The van der Waals surface area contributed by atoms with Crippen molar-refractivity contribution in [3.8, 4) is 11.1 Å². The lowest BCUT2D eigenvalue weighted by Gasteiger charge is -2.22. The van der Waals surface area contributed by atoms with E-state index in [0.29, 0.717) is 11.1 Å². The molecule has 1 nitrogen and oxygen atoms in total. The van der Waals surface area contributed by atoms with Crippen LogP contribution < -0.4 is 0 Å². The second-order valence-electron chi connectivity index (χ2n) is 4.18. The highest BCUT2D eigenvalue weighted by Gasteiger charge is 2.38. The molecular formula is C15H10ClF3O. The average molecular weight is 299 g/mol. The Morgan fingerprint density at radius 1 is 1.05 bits per heavy atom. The number of hydrogen-bond donors (Lipinski definition) is 0. The number of Topliss-reactive ketones (excluding diaryl/α,β-unsaturated/α-hetero) is 1. The van der Waals surface area contributed by atoms with Gasteiger partial charge in [-0.1, -0.05) is 42.5 Å². The molecule has 0 radical (unpaired) electrons. The van der Waals surface area contributed by atoms with Gasteiger partial charge in [0.05, 0.1) is 11.4 Å². The Morgan fingerprint density at radius 3 is 2.00 bits per heavy atom. The van der Waals surface area contributed by atoms with Crippen LogP contribution in [0.25, 0.3) is 11.1 Å². The summed E-state index contributed by atoms with van der Waals surface area (Å²) >= 11 is 5.34. The summed E-state index contributed by atoms with van der Waals surface area (Å²) in [6, 6.07) is 13.3. The van der Waals surface area contributed by atoms with Gasteiger partial charge in [-0.15, -0.1) is 11.6 Å². The summed E-state index contributed by atoms with van der Waals surface area (Å²) in [4.78, 5) is 10.9. The number of benzene rings is 2. The van der Waals surface area contributed by atoms with Crippen molar-refractivity contribution in [3.05, 3.63) is 59.7 Å². The third-order valence-electron chi connectivity index (χ3n) is 2.85. The molecule has 0 saturated carbocycles. The van der Waals surface area contributed by atoms with Crippen LogP contribution >= 0.6 is 11.6 Å². The van der Waals surface area contributed by atoms with E-state index in [1.165, 1.54) is 6.07 Å². The van der Waals surface area contributed by atoms with Crippen LogP contribution in [0.3, 0.4) is 0 Å². The normalized spacial score (nSPS) is 11.4. The zero-order valence-electron chi connectivity index (χ0n) is 10.2. The molecule has 0 unspecified atom stereocenters. The fourth-order valence-electron chi connectivity index (χ4n) is 1.73. The lowest BCUT2D eigenvalue weighted by molar-refractivity contribution is -0.137. The third kappa shape index (κ3) is 3.02. The maximum atomic E-state index is 11.8. The Kier molecular flexibility index (Phi) is 4.14. The Bertz CT molecular complexity index is 621. The van der Waals surface area contributed by atoms with Gasteiger partial charge in [0.15, 0.2) is 5.78 Å². The SMILES string of the molecule is FC(F)(F)c1cc2ccc1-2.O=C(CCl)c1ccccc1. The maximum Gasteiger partial charge on any atom is 0.417 e. The fourth-order valence-corrected chi connectivity index (χ4v) is 1.88. The van der Waals surface area contributed by atoms with E-state index in [-0.39, 0.29) is 11.7 Å². The summed E-state index contributed by atoms with van der Waals surface area (Å²) in [5.41, 5.74) is 1.29. The van der Waals surface area contributed by atoms with Crippen LogP contribution in [0.4, 0.5) is 13.2 Å². The summed E-state index contributed by atoms with van der Waals surface area (Å²) in [6.45, 7) is 0. The molecule has 2 aliphatic rings. The first-order valence-corrected chi connectivity index (χ1v) is 6.33. The van der Waals surface area contributed by atoms with Crippen molar-refractivity contribution in [2.45, 2.75) is 6.18 Å². The van der Waals surface area contributed by atoms with Gasteiger partial charge in [0.2, 0.25) is 0 Å². The van der Waals surface area contributed by atoms with Gasteiger partial charge in [-0.05, 0) is 17.2 Å². The summed E-state index contributed by atoms with van der Waals surface area (Å²) in [5.74, 6) is 0.0339. The van der Waals surface area contributed by atoms with Crippen molar-refractivity contribution in [1.82, 2.24) is 0 Å². The molecular weight excluding hydrogens is 289 g/mol. The van der Waals surface area contributed by atoms with E-state index >= 15 is 0 Å². The molecule has 1 aromatic rings. The maximum absolute atomic E-state index is 11.8. The van der Waals surface area contributed by atoms with E-state index in [4.69, 9.17) is 11.6 Å². The van der Waals surface area contributed by atoms with Gasteiger partial charge in [0.25, 0.3) is 0 Å². The van der Waals surface area contributed by atoms with E-state index in [2.05, 4.69) is 0 Å². The molecule has 0 bridgehead atoms. The summed E-state index contributed by atoms with van der Waals surface area (Å²) in [6.07, 6.45) is -4.15. The monoisotopic (exact) mass is 298 g/mol. The molecule has 5 heteroatoms. The lowest BCUT2D eigenvalue weighted by atomic mass is 9.86. The molecule has 0 spiro atoms. The quantitative estimate of drug-likeness (QED) is 0.491. The number of hydrogen-bond acceptors (Lipinski definition) is 1. The first kappa shape index (κ1) is 14.6. The van der Waals surface area contributed by atoms with Crippen LogP contribution in [-0.2, 0) is 6.18 Å². The number of fused-ring (bicyclic) bond motifs is 1. The Morgan fingerprint density at radius 2 is 1.70 bits per heavy atom. The molecule has 20 heavy (non-hydrogen) atoms. The van der Waals surface area contributed by atoms with Crippen molar-refractivity contribution >= 4 is 17.4 Å². The number of ketones is 1. The zero-order valence-corrected chi connectivity index (χ0v) is 11.0. The largest absolute Gasteiger partial charge is 0.417 e. The van der Waals surface area contributed by atoms with Gasteiger partial charge < -0.3 is 0 Å². The molecule has 0 N–H and O–H groups in total. The Hall–Kier alpha value is -1.81. The zero-order chi connectivity index (χ0) is 14.8. The van der Waals surface area contributed by atoms with Crippen LogP contribution in [0.2, 0.25) is 0 Å². The van der Waals surface area contributed by atoms with Gasteiger partial charge >= 0.3 is 6.18 Å². The van der Waals surface area contributed by atoms with Crippen molar-refractivity contribution in [2.24, 2.45) is 0 Å². The van der Waals surface area contributed by atoms with E-state index in [1.54, 1.807) is 18.2 Å². The van der Waals surface area contributed by atoms with E-state index in [0.717, 1.165) is 11.6 Å². The highest BCUT2D eigenvalue weighted by Crippen LogP contribution is 2.45. The van der Waals surface area contributed by atoms with Crippen molar-refractivity contribution in [3.63, 3.8) is 0 Å². The fraction of sp³-hybridized carbons (Fsp3) is 0.133. The highest BCUT2D eigenvalue weighted by molar-refractivity contribution is 6.30. The molecule has 1 aromatic carbocycles. The van der Waals surface area contributed by atoms with Gasteiger partial charge in [0, 0.05) is 5.56 Å². The molecule has 0 aromatic heterocycles. The smallest absolute Gasteiger partial charge is 0.293 e. The van der Waals surface area contributed by atoms with Crippen LogP contribution in [0.15, 0.2) is 48.5 Å². The Labute approximate surface area is 119 Å². The molecule has 2 aliphatic carbocycles. The van der Waals surface area contributed by atoms with E-state index in [1.807, 2.05) is 18.2 Å². The first-order chi connectivity index (χ1) is 9.43. The molecule has 0 amide bonds. The van der Waals surface area contributed by atoms with Gasteiger partial charge in [-0.25, -0.2) is 0 Å². The summed E-state index contributed by atoms with van der Waals surface area (Å²) in [5, 5.41) is 0. The van der Waals surface area contributed by atoms with Gasteiger partial charge in [-0.2, -0.15) is 13.2 Å². The molecule has 0 fully saturated rings. The van der Waals surface area contributed by atoms with Gasteiger partial charge in [0.1, 0.15) is 0 Å². The number of rotatable bonds is 2. The molecule has 0 atom stereocenters. The summed E-state index contributed by atoms with van der Waals surface area (Å²) in [7, 11) is 0. The predicted octanol–water partition coefficient (Wildman–Crippen LogP) is 4.79. The van der Waals surface area contributed by atoms with Crippen molar-refractivity contribution in [1.29, 1.82) is 0 Å². The van der Waals surface area contributed by atoms with Crippen LogP contribution in [0.5, 0.6) is 0 Å². The number of carbonyl (C=O) groups is 1.